The van der Waals surface area contributed by atoms with Crippen LogP contribution in [0.25, 0.3) is 0 Å². The molecule has 106 valence electrons. The highest BCUT2D eigenvalue weighted by Crippen LogP contribution is 2.18. The highest BCUT2D eigenvalue weighted by Gasteiger charge is 2.11. The largest absolute Gasteiger partial charge is 0.489 e. The Morgan fingerprint density at radius 2 is 2.00 bits per heavy atom. The van der Waals surface area contributed by atoms with Crippen molar-refractivity contribution < 1.29 is 22.3 Å². The SMILES string of the molecule is CCCS(=O)(=O)CCOc1ccc(C(C)=O)cc1F. The Morgan fingerprint density at radius 1 is 1.32 bits per heavy atom. The number of carbonyl (C=O) groups excluding carboxylic acids is 1. The summed E-state index contributed by atoms with van der Waals surface area (Å²) in [6.45, 7) is 3.02. The molecule has 0 aliphatic carbocycles. The van der Waals surface area contributed by atoms with Crippen LogP contribution in [-0.4, -0.2) is 32.3 Å². The molecule has 0 spiro atoms. The van der Waals surface area contributed by atoms with Crippen molar-refractivity contribution in [3.05, 3.63) is 29.6 Å². The van der Waals surface area contributed by atoms with E-state index in [1.165, 1.54) is 19.1 Å². The van der Waals surface area contributed by atoms with Gasteiger partial charge in [-0.1, -0.05) is 6.92 Å². The average molecular weight is 288 g/mol. The van der Waals surface area contributed by atoms with E-state index in [-0.39, 0.29) is 35.2 Å². The highest BCUT2D eigenvalue weighted by molar-refractivity contribution is 7.91. The highest BCUT2D eigenvalue weighted by atomic mass is 32.2. The lowest BCUT2D eigenvalue weighted by Crippen LogP contribution is -2.17. The van der Waals surface area contributed by atoms with Gasteiger partial charge in [0.25, 0.3) is 0 Å². The van der Waals surface area contributed by atoms with Gasteiger partial charge >= 0.3 is 0 Å². The second kappa shape index (κ2) is 6.65. The lowest BCUT2D eigenvalue weighted by Gasteiger charge is -2.08. The Kier molecular flexibility index (Phi) is 5.47. The van der Waals surface area contributed by atoms with Gasteiger partial charge in [-0.15, -0.1) is 0 Å². The maximum absolute atomic E-state index is 13.6. The fourth-order valence-electron chi connectivity index (χ4n) is 1.53. The Bertz CT molecular complexity index is 552. The van der Waals surface area contributed by atoms with Gasteiger partial charge in [0, 0.05) is 5.56 Å². The van der Waals surface area contributed by atoms with Gasteiger partial charge in [0.05, 0.1) is 11.5 Å². The van der Waals surface area contributed by atoms with Crippen molar-refractivity contribution in [1.82, 2.24) is 0 Å². The number of hydrogen-bond acceptors (Lipinski definition) is 4. The smallest absolute Gasteiger partial charge is 0.165 e. The molecule has 0 heterocycles. The molecule has 0 saturated heterocycles. The lowest BCUT2D eigenvalue weighted by molar-refractivity contribution is 0.101. The molecule has 0 N–H and O–H groups in total. The number of ketones is 1. The van der Waals surface area contributed by atoms with Crippen molar-refractivity contribution in [2.24, 2.45) is 0 Å². The van der Waals surface area contributed by atoms with E-state index in [4.69, 9.17) is 4.74 Å². The summed E-state index contributed by atoms with van der Waals surface area (Å²) in [4.78, 5) is 11.0. The summed E-state index contributed by atoms with van der Waals surface area (Å²) >= 11 is 0. The van der Waals surface area contributed by atoms with E-state index in [0.29, 0.717) is 6.42 Å². The molecule has 1 aromatic carbocycles. The van der Waals surface area contributed by atoms with E-state index in [9.17, 15) is 17.6 Å². The van der Waals surface area contributed by atoms with Crippen LogP contribution < -0.4 is 4.74 Å². The molecule has 0 amide bonds. The van der Waals surface area contributed by atoms with E-state index in [2.05, 4.69) is 0 Å². The minimum absolute atomic E-state index is 0.0447. The fraction of sp³-hybridized carbons (Fsp3) is 0.462. The van der Waals surface area contributed by atoms with Gasteiger partial charge in [0.15, 0.2) is 27.2 Å². The summed E-state index contributed by atoms with van der Waals surface area (Å²) < 4.78 is 41.5. The van der Waals surface area contributed by atoms with Gasteiger partial charge in [0.1, 0.15) is 6.61 Å². The van der Waals surface area contributed by atoms with Crippen molar-refractivity contribution in [2.75, 3.05) is 18.1 Å². The number of ether oxygens (including phenoxy) is 1. The van der Waals surface area contributed by atoms with Crippen LogP contribution in [0.5, 0.6) is 5.75 Å². The number of halogens is 1. The first-order valence-electron chi connectivity index (χ1n) is 5.99. The molecule has 0 aliphatic heterocycles. The Morgan fingerprint density at radius 3 is 2.53 bits per heavy atom. The zero-order chi connectivity index (χ0) is 14.5. The van der Waals surface area contributed by atoms with Crippen molar-refractivity contribution in [1.29, 1.82) is 0 Å². The summed E-state index contributed by atoms with van der Waals surface area (Å²) in [5.74, 6) is -0.995. The molecule has 0 aromatic heterocycles. The molecule has 0 fully saturated rings. The Balaban J connectivity index is 2.62. The van der Waals surface area contributed by atoms with Crippen molar-refractivity contribution in [3.8, 4) is 5.75 Å². The molecule has 0 aliphatic rings. The standard InChI is InChI=1S/C13H17FO4S/c1-3-7-19(16,17)8-6-18-13-5-4-11(10(2)15)9-12(13)14/h4-5,9H,3,6-8H2,1-2H3. The van der Waals surface area contributed by atoms with Crippen LogP contribution in [0.4, 0.5) is 4.39 Å². The summed E-state index contributed by atoms with van der Waals surface area (Å²) in [6.07, 6.45) is 0.546. The monoisotopic (exact) mass is 288 g/mol. The Labute approximate surface area is 112 Å². The fourth-order valence-corrected chi connectivity index (χ4v) is 2.69. The minimum atomic E-state index is -3.14. The van der Waals surface area contributed by atoms with Crippen LogP contribution in [0, 0.1) is 5.82 Å². The van der Waals surface area contributed by atoms with Gasteiger partial charge in [-0.2, -0.15) is 0 Å². The third-order valence-corrected chi connectivity index (χ3v) is 4.32. The predicted molar refractivity (Wildman–Crippen MR) is 70.8 cm³/mol. The van der Waals surface area contributed by atoms with Crippen LogP contribution in [0.3, 0.4) is 0 Å². The molecule has 0 atom stereocenters. The van der Waals surface area contributed by atoms with Gasteiger partial charge in [-0.05, 0) is 31.5 Å². The first-order chi connectivity index (χ1) is 8.85. The molecular formula is C13H17FO4S. The molecule has 1 aromatic rings. The van der Waals surface area contributed by atoms with Crippen LogP contribution in [0.15, 0.2) is 18.2 Å². The third-order valence-electron chi connectivity index (χ3n) is 2.51. The zero-order valence-corrected chi connectivity index (χ0v) is 11.8. The number of Topliss-reactive ketones (excluding diaryl/α,β-unsaturated/α-hetero) is 1. The number of sulfone groups is 1. The normalized spacial score (nSPS) is 11.3. The number of carbonyl (C=O) groups is 1. The number of hydrogen-bond donors (Lipinski definition) is 0. The number of benzene rings is 1. The van der Waals surface area contributed by atoms with Gasteiger partial charge in [-0.3, -0.25) is 4.79 Å². The molecule has 0 radical (unpaired) electrons. The molecule has 0 unspecified atom stereocenters. The summed E-state index contributed by atoms with van der Waals surface area (Å²) in [5, 5.41) is 0. The lowest BCUT2D eigenvalue weighted by atomic mass is 10.1. The average Bonchev–Trinajstić information content (AvgIpc) is 2.30. The molecule has 0 bridgehead atoms. The summed E-state index contributed by atoms with van der Waals surface area (Å²) in [5.41, 5.74) is 0.253. The molecule has 6 heteroatoms. The van der Waals surface area contributed by atoms with E-state index < -0.39 is 15.7 Å². The molecular weight excluding hydrogens is 271 g/mol. The third kappa shape index (κ3) is 4.98. The van der Waals surface area contributed by atoms with E-state index in [1.807, 2.05) is 0 Å². The first-order valence-corrected chi connectivity index (χ1v) is 7.81. The van der Waals surface area contributed by atoms with Crippen LogP contribution in [-0.2, 0) is 9.84 Å². The van der Waals surface area contributed by atoms with E-state index in [0.717, 1.165) is 6.07 Å². The minimum Gasteiger partial charge on any atom is -0.489 e. The molecule has 19 heavy (non-hydrogen) atoms. The van der Waals surface area contributed by atoms with Crippen molar-refractivity contribution in [3.63, 3.8) is 0 Å². The molecule has 4 nitrogen and oxygen atoms in total. The van der Waals surface area contributed by atoms with Crippen molar-refractivity contribution in [2.45, 2.75) is 20.3 Å². The second-order valence-corrected chi connectivity index (χ2v) is 6.51. The second-order valence-electron chi connectivity index (χ2n) is 4.20. The first kappa shape index (κ1) is 15.6. The summed E-state index contributed by atoms with van der Waals surface area (Å²) in [6, 6.07) is 3.86. The van der Waals surface area contributed by atoms with Crippen LogP contribution in [0.2, 0.25) is 0 Å². The van der Waals surface area contributed by atoms with E-state index in [1.54, 1.807) is 6.92 Å². The van der Waals surface area contributed by atoms with E-state index >= 15 is 0 Å². The van der Waals surface area contributed by atoms with Crippen LogP contribution in [0.1, 0.15) is 30.6 Å². The van der Waals surface area contributed by atoms with Gasteiger partial charge < -0.3 is 4.74 Å². The van der Waals surface area contributed by atoms with Crippen LogP contribution >= 0.6 is 0 Å². The maximum Gasteiger partial charge on any atom is 0.165 e. The molecule has 0 saturated carbocycles. The maximum atomic E-state index is 13.6. The van der Waals surface area contributed by atoms with Gasteiger partial charge in [-0.25, -0.2) is 12.8 Å². The zero-order valence-electron chi connectivity index (χ0n) is 11.0. The summed E-state index contributed by atoms with van der Waals surface area (Å²) in [7, 11) is -3.14. The topological polar surface area (TPSA) is 60.4 Å². The Hall–Kier alpha value is -1.43. The molecule has 1 rings (SSSR count). The predicted octanol–water partition coefficient (Wildman–Crippen LogP) is 2.23. The quantitative estimate of drug-likeness (QED) is 0.722. The van der Waals surface area contributed by atoms with Gasteiger partial charge in [0.2, 0.25) is 0 Å². The van der Waals surface area contributed by atoms with Crippen molar-refractivity contribution >= 4 is 15.6 Å². The number of rotatable bonds is 7.